The van der Waals surface area contributed by atoms with Crippen molar-refractivity contribution >= 4 is 17.7 Å². The van der Waals surface area contributed by atoms with E-state index >= 15 is 0 Å². The van der Waals surface area contributed by atoms with Gasteiger partial charge < -0.3 is 5.11 Å². The minimum Gasteiger partial charge on any atom is -0.478 e. The van der Waals surface area contributed by atoms with Gasteiger partial charge in [0.1, 0.15) is 0 Å². The Labute approximate surface area is 94.5 Å². The van der Waals surface area contributed by atoms with Crippen LogP contribution in [-0.4, -0.2) is 36.3 Å². The van der Waals surface area contributed by atoms with Gasteiger partial charge in [-0.1, -0.05) is 0 Å². The molecule has 0 aliphatic carbocycles. The molecule has 0 amide bonds. The molecule has 0 radical (unpaired) electrons. The third kappa shape index (κ3) is 2.01. The van der Waals surface area contributed by atoms with Crippen LogP contribution in [-0.2, 0) is 7.05 Å². The van der Waals surface area contributed by atoms with Crippen LogP contribution in [0.1, 0.15) is 10.4 Å². The molecule has 2 heterocycles. The third-order valence-electron chi connectivity index (χ3n) is 1.79. The molecule has 0 saturated heterocycles. The number of hydrogen-bond donors (Lipinski definition) is 1. The van der Waals surface area contributed by atoms with Crippen molar-refractivity contribution in [2.24, 2.45) is 7.05 Å². The van der Waals surface area contributed by atoms with E-state index in [4.69, 9.17) is 5.11 Å². The summed E-state index contributed by atoms with van der Waals surface area (Å²) in [7, 11) is 1.68. The second-order valence-electron chi connectivity index (χ2n) is 2.86. The van der Waals surface area contributed by atoms with Crippen molar-refractivity contribution in [3.05, 3.63) is 24.0 Å². The molecule has 1 N–H and O–H groups in total. The molecule has 8 heteroatoms. The molecule has 0 saturated carbocycles. The lowest BCUT2D eigenvalue weighted by Crippen LogP contribution is -2.00. The van der Waals surface area contributed by atoms with Crippen LogP contribution in [0.2, 0.25) is 0 Å². The van der Waals surface area contributed by atoms with Gasteiger partial charge in [0, 0.05) is 24.3 Å². The van der Waals surface area contributed by atoms with Gasteiger partial charge in [-0.3, -0.25) is 4.98 Å². The number of carboxylic acids is 1. The van der Waals surface area contributed by atoms with E-state index in [-0.39, 0.29) is 5.56 Å². The maximum atomic E-state index is 10.9. The summed E-state index contributed by atoms with van der Waals surface area (Å²) in [6, 6.07) is 1.61. The number of carboxylic acid groups (broad SMARTS) is 1. The first kappa shape index (κ1) is 10.6. The maximum absolute atomic E-state index is 10.9. The molecule has 0 aliphatic rings. The van der Waals surface area contributed by atoms with E-state index in [0.29, 0.717) is 10.1 Å². The van der Waals surface area contributed by atoms with Crippen LogP contribution in [0.4, 0.5) is 0 Å². The van der Waals surface area contributed by atoms with Gasteiger partial charge in [-0.25, -0.2) is 9.48 Å². The molecule has 2 rings (SSSR count). The molecule has 2 aromatic rings. The Bertz CT molecular complexity index is 527. The zero-order valence-electron chi connectivity index (χ0n) is 8.23. The van der Waals surface area contributed by atoms with Gasteiger partial charge in [-0.2, -0.15) is 0 Å². The highest BCUT2D eigenvalue weighted by atomic mass is 32.2. The summed E-state index contributed by atoms with van der Waals surface area (Å²) in [5.41, 5.74) is 0.135. The zero-order valence-corrected chi connectivity index (χ0v) is 9.05. The Balaban J connectivity index is 2.35. The molecule has 0 aliphatic heterocycles. The Morgan fingerprint density at radius 3 is 3.00 bits per heavy atom. The summed E-state index contributed by atoms with van der Waals surface area (Å²) in [4.78, 5) is 15.2. The number of aromatic nitrogens is 5. The number of aromatic carboxylic acids is 1. The molecular formula is C8H7N5O2S. The fourth-order valence-corrected chi connectivity index (χ4v) is 1.86. The minimum absolute atomic E-state index is 0.135. The fraction of sp³-hybridized carbons (Fsp3) is 0.125. The second kappa shape index (κ2) is 4.27. The predicted octanol–water partition coefficient (Wildman–Crippen LogP) is 0.454. The van der Waals surface area contributed by atoms with Crippen LogP contribution in [0.3, 0.4) is 0 Å². The number of tetrazole rings is 1. The van der Waals surface area contributed by atoms with Crippen molar-refractivity contribution in [2.75, 3.05) is 0 Å². The molecule has 0 bridgehead atoms. The monoisotopic (exact) mass is 237 g/mol. The maximum Gasteiger partial charge on any atom is 0.338 e. The highest BCUT2D eigenvalue weighted by Crippen LogP contribution is 2.27. The number of pyridine rings is 1. The number of hydrogen-bond acceptors (Lipinski definition) is 6. The van der Waals surface area contributed by atoms with Crippen LogP contribution in [0.15, 0.2) is 28.5 Å². The lowest BCUT2D eigenvalue weighted by molar-refractivity contribution is 0.0692. The third-order valence-corrected chi connectivity index (χ3v) is 2.90. The van der Waals surface area contributed by atoms with Gasteiger partial charge in [0.05, 0.1) is 5.56 Å². The van der Waals surface area contributed by atoms with Crippen molar-refractivity contribution in [1.29, 1.82) is 0 Å². The summed E-state index contributed by atoms with van der Waals surface area (Å²) in [6.07, 6.45) is 2.83. The number of carbonyl (C=O) groups is 1. The summed E-state index contributed by atoms with van der Waals surface area (Å²) in [5, 5.41) is 20.4. The van der Waals surface area contributed by atoms with Gasteiger partial charge in [-0.15, -0.1) is 5.10 Å². The number of nitrogens with zero attached hydrogens (tertiary/aromatic N) is 5. The largest absolute Gasteiger partial charge is 0.478 e. The van der Waals surface area contributed by atoms with Gasteiger partial charge in [0.15, 0.2) is 0 Å². The van der Waals surface area contributed by atoms with Crippen LogP contribution < -0.4 is 0 Å². The highest BCUT2D eigenvalue weighted by Gasteiger charge is 2.13. The van der Waals surface area contributed by atoms with Crippen LogP contribution in [0.25, 0.3) is 0 Å². The summed E-state index contributed by atoms with van der Waals surface area (Å²) in [5.74, 6) is -1.02. The lowest BCUT2D eigenvalue weighted by atomic mass is 10.3. The lowest BCUT2D eigenvalue weighted by Gasteiger charge is -2.02. The molecule has 16 heavy (non-hydrogen) atoms. The number of rotatable bonds is 3. The van der Waals surface area contributed by atoms with Crippen molar-refractivity contribution in [3.63, 3.8) is 0 Å². The summed E-state index contributed by atoms with van der Waals surface area (Å²) < 4.78 is 1.47. The minimum atomic E-state index is -1.02. The molecule has 82 valence electrons. The first-order chi connectivity index (χ1) is 7.68. The van der Waals surface area contributed by atoms with E-state index in [2.05, 4.69) is 20.5 Å². The summed E-state index contributed by atoms with van der Waals surface area (Å²) >= 11 is 1.18. The standard InChI is InChI=1S/C8H7N5O2S/c1-13-8(10-11-12-13)16-6-2-3-9-4-5(6)7(14)15/h2-4H,1H3,(H,14,15). The van der Waals surface area contributed by atoms with E-state index in [1.165, 1.54) is 28.8 Å². The smallest absolute Gasteiger partial charge is 0.338 e. The van der Waals surface area contributed by atoms with E-state index in [1.807, 2.05) is 0 Å². The first-order valence-electron chi connectivity index (χ1n) is 4.26. The van der Waals surface area contributed by atoms with Crippen LogP contribution in [0, 0.1) is 0 Å². The fourth-order valence-electron chi connectivity index (χ4n) is 1.04. The number of aryl methyl sites for hydroxylation is 1. The van der Waals surface area contributed by atoms with Crippen molar-refractivity contribution in [2.45, 2.75) is 10.1 Å². The first-order valence-corrected chi connectivity index (χ1v) is 5.07. The molecule has 2 aromatic heterocycles. The molecular weight excluding hydrogens is 230 g/mol. The normalized spacial score (nSPS) is 10.3. The second-order valence-corrected chi connectivity index (χ2v) is 3.87. The highest BCUT2D eigenvalue weighted by molar-refractivity contribution is 7.99. The Kier molecular flexibility index (Phi) is 2.82. The van der Waals surface area contributed by atoms with Crippen molar-refractivity contribution in [3.8, 4) is 0 Å². The Hall–Kier alpha value is -1.96. The van der Waals surface area contributed by atoms with Crippen molar-refractivity contribution in [1.82, 2.24) is 25.2 Å². The molecule has 0 spiro atoms. The molecule has 0 unspecified atom stereocenters. The predicted molar refractivity (Wildman–Crippen MR) is 54.1 cm³/mol. The Morgan fingerprint density at radius 1 is 1.56 bits per heavy atom. The van der Waals surface area contributed by atoms with Crippen LogP contribution in [0.5, 0.6) is 0 Å². The van der Waals surface area contributed by atoms with Crippen molar-refractivity contribution < 1.29 is 9.90 Å². The molecule has 7 nitrogen and oxygen atoms in total. The summed E-state index contributed by atoms with van der Waals surface area (Å²) in [6.45, 7) is 0. The van der Waals surface area contributed by atoms with Crippen LogP contribution >= 0.6 is 11.8 Å². The van der Waals surface area contributed by atoms with Gasteiger partial charge in [0.2, 0.25) is 5.16 Å². The average molecular weight is 237 g/mol. The quantitative estimate of drug-likeness (QED) is 0.828. The van der Waals surface area contributed by atoms with E-state index in [9.17, 15) is 4.79 Å². The van der Waals surface area contributed by atoms with E-state index < -0.39 is 5.97 Å². The molecule has 0 atom stereocenters. The average Bonchev–Trinajstić information content (AvgIpc) is 2.65. The van der Waals surface area contributed by atoms with Gasteiger partial charge in [-0.05, 0) is 28.3 Å². The topological polar surface area (TPSA) is 93.8 Å². The van der Waals surface area contributed by atoms with E-state index in [1.54, 1.807) is 13.1 Å². The van der Waals surface area contributed by atoms with E-state index in [0.717, 1.165) is 0 Å². The Morgan fingerprint density at radius 2 is 2.38 bits per heavy atom. The van der Waals surface area contributed by atoms with Gasteiger partial charge >= 0.3 is 5.97 Å². The zero-order chi connectivity index (χ0) is 11.5. The van der Waals surface area contributed by atoms with Gasteiger partial charge in [0.25, 0.3) is 0 Å². The SMILES string of the molecule is Cn1nnnc1Sc1ccncc1C(=O)O. The molecule has 0 aromatic carbocycles. The molecule has 0 fully saturated rings.